The standard InChI is InChI=1S/C11H13N3O3S2/c1-8-12-13-11(18-8)14-19(16,17)7-10-4-2-9(6-15)3-5-10/h2-5,15H,6-7H2,1H3,(H,13,14). The smallest absolute Gasteiger partial charge is 0.238 e. The van der Waals surface area contributed by atoms with Gasteiger partial charge in [0.2, 0.25) is 15.2 Å². The largest absolute Gasteiger partial charge is 0.392 e. The lowest BCUT2D eigenvalue weighted by Gasteiger charge is -2.05. The first-order valence-electron chi connectivity index (χ1n) is 5.48. The first-order valence-corrected chi connectivity index (χ1v) is 7.95. The van der Waals surface area contributed by atoms with Gasteiger partial charge in [0.05, 0.1) is 12.4 Å². The number of rotatable bonds is 5. The Morgan fingerprint density at radius 3 is 2.37 bits per heavy atom. The maximum absolute atomic E-state index is 11.9. The summed E-state index contributed by atoms with van der Waals surface area (Å²) in [6.45, 7) is 1.69. The summed E-state index contributed by atoms with van der Waals surface area (Å²) in [4.78, 5) is 0. The summed E-state index contributed by atoms with van der Waals surface area (Å²) in [6.07, 6.45) is 0. The van der Waals surface area contributed by atoms with E-state index in [2.05, 4.69) is 14.9 Å². The summed E-state index contributed by atoms with van der Waals surface area (Å²) in [7, 11) is -3.50. The molecule has 1 aromatic heterocycles. The highest BCUT2D eigenvalue weighted by atomic mass is 32.2. The predicted octanol–water partition coefficient (Wildman–Crippen LogP) is 1.28. The Hall–Kier alpha value is -1.51. The number of sulfonamides is 1. The van der Waals surface area contributed by atoms with Crippen LogP contribution in [0.3, 0.4) is 0 Å². The van der Waals surface area contributed by atoms with Crippen molar-refractivity contribution in [2.24, 2.45) is 0 Å². The Labute approximate surface area is 115 Å². The van der Waals surface area contributed by atoms with Gasteiger partial charge in [0, 0.05) is 0 Å². The molecular weight excluding hydrogens is 286 g/mol. The zero-order valence-electron chi connectivity index (χ0n) is 10.2. The van der Waals surface area contributed by atoms with E-state index >= 15 is 0 Å². The summed E-state index contributed by atoms with van der Waals surface area (Å²) >= 11 is 1.19. The third-order valence-electron chi connectivity index (χ3n) is 2.33. The molecule has 0 aliphatic carbocycles. The van der Waals surface area contributed by atoms with Crippen LogP contribution in [0.25, 0.3) is 0 Å². The second-order valence-electron chi connectivity index (χ2n) is 3.96. The molecule has 0 aliphatic rings. The molecule has 0 atom stereocenters. The third-order valence-corrected chi connectivity index (χ3v) is 4.43. The molecule has 2 rings (SSSR count). The molecule has 0 saturated heterocycles. The van der Waals surface area contributed by atoms with Gasteiger partial charge in [-0.2, -0.15) is 0 Å². The molecule has 1 heterocycles. The van der Waals surface area contributed by atoms with Crippen molar-refractivity contribution in [2.75, 3.05) is 4.72 Å². The Morgan fingerprint density at radius 2 is 1.84 bits per heavy atom. The first-order chi connectivity index (χ1) is 8.98. The van der Waals surface area contributed by atoms with Gasteiger partial charge in [0.15, 0.2) is 0 Å². The van der Waals surface area contributed by atoms with Gasteiger partial charge in [0.25, 0.3) is 0 Å². The van der Waals surface area contributed by atoms with Crippen molar-refractivity contribution in [3.63, 3.8) is 0 Å². The molecule has 102 valence electrons. The predicted molar refractivity (Wildman–Crippen MR) is 73.3 cm³/mol. The third kappa shape index (κ3) is 3.98. The van der Waals surface area contributed by atoms with Crippen LogP contribution in [-0.2, 0) is 22.4 Å². The fourth-order valence-electron chi connectivity index (χ4n) is 1.47. The molecule has 19 heavy (non-hydrogen) atoms. The van der Waals surface area contributed by atoms with Gasteiger partial charge in [-0.25, -0.2) is 8.42 Å². The Balaban J connectivity index is 2.07. The molecule has 0 unspecified atom stereocenters. The average Bonchev–Trinajstić information content (AvgIpc) is 2.74. The molecule has 0 spiro atoms. The van der Waals surface area contributed by atoms with Crippen molar-refractivity contribution in [2.45, 2.75) is 19.3 Å². The Bertz CT molecular complexity index is 650. The van der Waals surface area contributed by atoms with Gasteiger partial charge in [-0.1, -0.05) is 35.6 Å². The summed E-state index contributed by atoms with van der Waals surface area (Å²) in [5.74, 6) is -0.142. The van der Waals surface area contributed by atoms with Crippen LogP contribution < -0.4 is 4.72 Å². The number of aliphatic hydroxyl groups is 1. The van der Waals surface area contributed by atoms with Crippen molar-refractivity contribution >= 4 is 26.5 Å². The molecule has 0 aliphatic heterocycles. The van der Waals surface area contributed by atoms with Gasteiger partial charge >= 0.3 is 0 Å². The van der Waals surface area contributed by atoms with Crippen LogP contribution in [0.15, 0.2) is 24.3 Å². The average molecular weight is 299 g/mol. The van der Waals surface area contributed by atoms with Crippen LogP contribution >= 0.6 is 11.3 Å². The molecule has 2 N–H and O–H groups in total. The van der Waals surface area contributed by atoms with Crippen LogP contribution in [0, 0.1) is 6.92 Å². The van der Waals surface area contributed by atoms with E-state index in [0.29, 0.717) is 10.6 Å². The maximum atomic E-state index is 11.9. The van der Waals surface area contributed by atoms with Crippen molar-refractivity contribution in [3.8, 4) is 0 Å². The molecule has 0 fully saturated rings. The number of benzene rings is 1. The molecule has 0 bridgehead atoms. The highest BCUT2D eigenvalue weighted by Crippen LogP contribution is 2.17. The number of aromatic nitrogens is 2. The van der Waals surface area contributed by atoms with Crippen molar-refractivity contribution in [1.82, 2.24) is 10.2 Å². The monoisotopic (exact) mass is 299 g/mol. The molecule has 6 nitrogen and oxygen atoms in total. The van der Waals surface area contributed by atoms with Crippen molar-refractivity contribution in [1.29, 1.82) is 0 Å². The number of aliphatic hydroxyl groups excluding tert-OH is 1. The Kier molecular flexibility index (Phi) is 4.13. The first kappa shape index (κ1) is 13.9. The minimum absolute atomic E-state index is 0.0602. The minimum Gasteiger partial charge on any atom is -0.392 e. The number of anilines is 1. The maximum Gasteiger partial charge on any atom is 0.238 e. The fraction of sp³-hybridized carbons (Fsp3) is 0.273. The lowest BCUT2D eigenvalue weighted by atomic mass is 10.2. The van der Waals surface area contributed by atoms with Gasteiger partial charge in [-0.3, -0.25) is 4.72 Å². The SMILES string of the molecule is Cc1nnc(NS(=O)(=O)Cc2ccc(CO)cc2)s1. The molecule has 0 saturated carbocycles. The highest BCUT2D eigenvalue weighted by molar-refractivity contribution is 7.92. The number of hydrogen-bond donors (Lipinski definition) is 2. The van der Waals surface area contributed by atoms with Crippen LogP contribution in [0.1, 0.15) is 16.1 Å². The number of aryl methyl sites for hydroxylation is 1. The second-order valence-corrected chi connectivity index (χ2v) is 6.87. The topological polar surface area (TPSA) is 92.2 Å². The van der Waals surface area contributed by atoms with E-state index < -0.39 is 10.0 Å². The summed E-state index contributed by atoms with van der Waals surface area (Å²) in [6, 6.07) is 6.74. The molecule has 1 aromatic carbocycles. The number of nitrogens with one attached hydrogen (secondary N) is 1. The summed E-state index contributed by atoms with van der Waals surface area (Å²) in [5.41, 5.74) is 1.39. The van der Waals surface area contributed by atoms with Crippen LogP contribution in [0.4, 0.5) is 5.13 Å². The zero-order valence-corrected chi connectivity index (χ0v) is 11.8. The molecular formula is C11H13N3O3S2. The van der Waals surface area contributed by atoms with Crippen LogP contribution in [0.2, 0.25) is 0 Å². The van der Waals surface area contributed by atoms with Crippen LogP contribution in [-0.4, -0.2) is 23.7 Å². The second kappa shape index (κ2) is 5.64. The van der Waals surface area contributed by atoms with Crippen molar-refractivity contribution in [3.05, 3.63) is 40.4 Å². The van der Waals surface area contributed by atoms with E-state index in [1.165, 1.54) is 11.3 Å². The van der Waals surface area contributed by atoms with E-state index in [1.54, 1.807) is 31.2 Å². The molecule has 2 aromatic rings. The lowest BCUT2D eigenvalue weighted by molar-refractivity contribution is 0.282. The quantitative estimate of drug-likeness (QED) is 0.867. The highest BCUT2D eigenvalue weighted by Gasteiger charge is 2.14. The summed E-state index contributed by atoms with van der Waals surface area (Å²) < 4.78 is 26.2. The fourth-order valence-corrected chi connectivity index (χ4v) is 3.47. The summed E-state index contributed by atoms with van der Waals surface area (Å²) in [5, 5.41) is 17.3. The lowest BCUT2D eigenvalue weighted by Crippen LogP contribution is -2.15. The number of nitrogens with zero attached hydrogens (tertiary/aromatic N) is 2. The van der Waals surface area contributed by atoms with Gasteiger partial charge in [0.1, 0.15) is 5.01 Å². The minimum atomic E-state index is -3.50. The van der Waals surface area contributed by atoms with Gasteiger partial charge < -0.3 is 5.11 Å². The normalized spacial score (nSPS) is 11.5. The van der Waals surface area contributed by atoms with Gasteiger partial charge in [-0.15, -0.1) is 10.2 Å². The van der Waals surface area contributed by atoms with E-state index in [9.17, 15) is 8.42 Å². The van der Waals surface area contributed by atoms with E-state index in [-0.39, 0.29) is 17.5 Å². The van der Waals surface area contributed by atoms with E-state index in [4.69, 9.17) is 5.11 Å². The van der Waals surface area contributed by atoms with Crippen LogP contribution in [0.5, 0.6) is 0 Å². The number of hydrogen-bond acceptors (Lipinski definition) is 6. The molecule has 0 amide bonds. The molecule has 8 heteroatoms. The molecule has 0 radical (unpaired) electrons. The zero-order chi connectivity index (χ0) is 13.9. The Morgan fingerprint density at radius 1 is 1.21 bits per heavy atom. The van der Waals surface area contributed by atoms with E-state index in [0.717, 1.165) is 5.56 Å². The van der Waals surface area contributed by atoms with Crippen molar-refractivity contribution < 1.29 is 13.5 Å². The van der Waals surface area contributed by atoms with Gasteiger partial charge in [-0.05, 0) is 18.1 Å². The van der Waals surface area contributed by atoms with E-state index in [1.807, 2.05) is 0 Å².